The van der Waals surface area contributed by atoms with E-state index in [2.05, 4.69) is 14.9 Å². The molecule has 0 aromatic carbocycles. The Labute approximate surface area is 107 Å². The van der Waals surface area contributed by atoms with Crippen LogP contribution in [0.3, 0.4) is 0 Å². The second-order valence-corrected chi connectivity index (χ2v) is 6.44. The molecule has 0 saturated carbocycles. The van der Waals surface area contributed by atoms with Crippen LogP contribution in [0.4, 0.5) is 0 Å². The van der Waals surface area contributed by atoms with Crippen LogP contribution < -0.4 is 4.72 Å². The number of hydrogen-bond acceptors (Lipinski definition) is 4. The van der Waals surface area contributed by atoms with Gasteiger partial charge in [-0.3, -0.25) is 5.10 Å². The Balaban J connectivity index is 2.17. The van der Waals surface area contributed by atoms with Gasteiger partial charge in [0.15, 0.2) is 0 Å². The van der Waals surface area contributed by atoms with Crippen molar-refractivity contribution in [3.8, 4) is 0 Å². The van der Waals surface area contributed by atoms with Crippen LogP contribution in [0.5, 0.6) is 0 Å². The van der Waals surface area contributed by atoms with Crippen molar-refractivity contribution in [2.75, 3.05) is 6.61 Å². The summed E-state index contributed by atoms with van der Waals surface area (Å²) in [7, 11) is -3.50. The standard InChI is InChI=1S/C11H19N3O3S/c1-7-6-10(4-5-17-7)14-18(15,16)11-8(2)12-13-9(11)3/h7,10,14H,4-6H2,1-3H3,(H,12,13). The summed E-state index contributed by atoms with van der Waals surface area (Å²) in [6, 6.07) is -0.0625. The van der Waals surface area contributed by atoms with Gasteiger partial charge in [-0.15, -0.1) is 0 Å². The molecule has 2 rings (SSSR count). The zero-order chi connectivity index (χ0) is 13.3. The summed E-state index contributed by atoms with van der Waals surface area (Å²) in [5.74, 6) is 0. The molecule has 1 saturated heterocycles. The first-order valence-electron chi connectivity index (χ1n) is 6.05. The Hall–Kier alpha value is -0.920. The van der Waals surface area contributed by atoms with E-state index in [4.69, 9.17) is 4.74 Å². The van der Waals surface area contributed by atoms with Crippen LogP contribution in [-0.4, -0.2) is 37.4 Å². The molecule has 0 aliphatic carbocycles. The Morgan fingerprint density at radius 3 is 2.72 bits per heavy atom. The molecule has 0 radical (unpaired) electrons. The molecule has 18 heavy (non-hydrogen) atoms. The summed E-state index contributed by atoms with van der Waals surface area (Å²) in [4.78, 5) is 0.265. The number of aromatic amines is 1. The smallest absolute Gasteiger partial charge is 0.244 e. The first kappa shape index (κ1) is 13.5. The number of sulfonamides is 1. The van der Waals surface area contributed by atoms with E-state index in [9.17, 15) is 8.42 Å². The van der Waals surface area contributed by atoms with Crippen LogP contribution in [-0.2, 0) is 14.8 Å². The van der Waals surface area contributed by atoms with Crippen LogP contribution in [0.25, 0.3) is 0 Å². The van der Waals surface area contributed by atoms with Crippen molar-refractivity contribution in [3.05, 3.63) is 11.4 Å². The van der Waals surface area contributed by atoms with E-state index in [-0.39, 0.29) is 17.0 Å². The van der Waals surface area contributed by atoms with E-state index in [1.165, 1.54) is 0 Å². The van der Waals surface area contributed by atoms with Gasteiger partial charge >= 0.3 is 0 Å². The second kappa shape index (κ2) is 4.99. The lowest BCUT2D eigenvalue weighted by atomic mass is 10.1. The fourth-order valence-electron chi connectivity index (χ4n) is 2.32. The molecule has 1 fully saturated rings. The number of hydrogen-bond donors (Lipinski definition) is 2. The minimum Gasteiger partial charge on any atom is -0.378 e. The van der Waals surface area contributed by atoms with Crippen molar-refractivity contribution in [1.29, 1.82) is 0 Å². The molecule has 0 spiro atoms. The molecule has 1 aromatic heterocycles. The maximum Gasteiger partial charge on any atom is 0.244 e. The van der Waals surface area contributed by atoms with Crippen molar-refractivity contribution in [2.45, 2.75) is 50.7 Å². The third-order valence-electron chi connectivity index (χ3n) is 3.14. The van der Waals surface area contributed by atoms with E-state index < -0.39 is 10.0 Å². The van der Waals surface area contributed by atoms with Crippen LogP contribution >= 0.6 is 0 Å². The van der Waals surface area contributed by atoms with Crippen molar-refractivity contribution in [1.82, 2.24) is 14.9 Å². The van der Waals surface area contributed by atoms with Crippen molar-refractivity contribution in [2.24, 2.45) is 0 Å². The highest BCUT2D eigenvalue weighted by Crippen LogP contribution is 2.20. The number of rotatable bonds is 3. The summed E-state index contributed by atoms with van der Waals surface area (Å²) in [6.07, 6.45) is 1.51. The normalized spacial score (nSPS) is 25.3. The molecule has 0 amide bonds. The summed E-state index contributed by atoms with van der Waals surface area (Å²) < 4.78 is 32.7. The van der Waals surface area contributed by atoms with E-state index in [0.717, 1.165) is 0 Å². The molecule has 2 unspecified atom stereocenters. The largest absolute Gasteiger partial charge is 0.378 e. The number of H-pyrrole nitrogens is 1. The van der Waals surface area contributed by atoms with Crippen LogP contribution in [0.1, 0.15) is 31.2 Å². The third-order valence-corrected chi connectivity index (χ3v) is 4.92. The average Bonchev–Trinajstić information content (AvgIpc) is 2.58. The van der Waals surface area contributed by atoms with Gasteiger partial charge in [0.05, 0.1) is 17.5 Å². The highest BCUT2D eigenvalue weighted by molar-refractivity contribution is 7.89. The SMILES string of the molecule is Cc1n[nH]c(C)c1S(=O)(=O)NC1CCOC(C)C1. The molecule has 1 aliphatic rings. The van der Waals surface area contributed by atoms with Crippen molar-refractivity contribution < 1.29 is 13.2 Å². The predicted octanol–water partition coefficient (Wildman–Crippen LogP) is 0.872. The lowest BCUT2D eigenvalue weighted by Gasteiger charge is -2.27. The van der Waals surface area contributed by atoms with E-state index in [1.54, 1.807) is 13.8 Å². The van der Waals surface area contributed by atoms with Crippen LogP contribution in [0.2, 0.25) is 0 Å². The molecule has 0 bridgehead atoms. The monoisotopic (exact) mass is 273 g/mol. The minimum absolute atomic E-state index is 0.0625. The zero-order valence-corrected chi connectivity index (χ0v) is 11.7. The number of nitrogens with zero attached hydrogens (tertiary/aromatic N) is 1. The second-order valence-electron chi connectivity index (χ2n) is 4.79. The lowest BCUT2D eigenvalue weighted by molar-refractivity contribution is 0.0173. The van der Waals surface area contributed by atoms with E-state index in [0.29, 0.717) is 30.8 Å². The van der Waals surface area contributed by atoms with Gasteiger partial charge in [0.2, 0.25) is 10.0 Å². The molecule has 7 heteroatoms. The number of aromatic nitrogens is 2. The molecule has 102 valence electrons. The Kier molecular flexibility index (Phi) is 3.74. The Bertz CT molecular complexity index is 504. The van der Waals surface area contributed by atoms with Crippen LogP contribution in [0.15, 0.2) is 4.90 Å². The maximum absolute atomic E-state index is 12.3. The van der Waals surface area contributed by atoms with E-state index in [1.807, 2.05) is 6.92 Å². The van der Waals surface area contributed by atoms with Gasteiger partial charge < -0.3 is 4.74 Å². The fourth-order valence-corrected chi connectivity index (χ4v) is 3.97. The van der Waals surface area contributed by atoms with Crippen molar-refractivity contribution >= 4 is 10.0 Å². The molecule has 6 nitrogen and oxygen atoms in total. The number of ether oxygens (including phenoxy) is 1. The quantitative estimate of drug-likeness (QED) is 0.856. The number of nitrogens with one attached hydrogen (secondary N) is 2. The topological polar surface area (TPSA) is 84.1 Å². The summed E-state index contributed by atoms with van der Waals surface area (Å²) in [6.45, 7) is 5.94. The third kappa shape index (κ3) is 2.73. The summed E-state index contributed by atoms with van der Waals surface area (Å²) in [5.41, 5.74) is 1.07. The summed E-state index contributed by atoms with van der Waals surface area (Å²) >= 11 is 0. The highest BCUT2D eigenvalue weighted by Gasteiger charge is 2.28. The van der Waals surface area contributed by atoms with E-state index >= 15 is 0 Å². The van der Waals surface area contributed by atoms with Gasteiger partial charge in [0, 0.05) is 12.6 Å². The maximum atomic E-state index is 12.3. The van der Waals surface area contributed by atoms with Gasteiger partial charge in [-0.25, -0.2) is 13.1 Å². The highest BCUT2D eigenvalue weighted by atomic mass is 32.2. The van der Waals surface area contributed by atoms with Gasteiger partial charge in [0.1, 0.15) is 4.90 Å². The Morgan fingerprint density at radius 2 is 2.17 bits per heavy atom. The Morgan fingerprint density at radius 1 is 1.44 bits per heavy atom. The molecule has 1 aromatic rings. The van der Waals surface area contributed by atoms with Gasteiger partial charge in [-0.1, -0.05) is 0 Å². The summed E-state index contributed by atoms with van der Waals surface area (Å²) in [5, 5.41) is 6.62. The molecule has 2 atom stereocenters. The van der Waals surface area contributed by atoms with Gasteiger partial charge in [-0.05, 0) is 33.6 Å². The lowest BCUT2D eigenvalue weighted by Crippen LogP contribution is -2.41. The van der Waals surface area contributed by atoms with Gasteiger partial charge in [0.25, 0.3) is 0 Å². The number of aryl methyl sites for hydroxylation is 2. The van der Waals surface area contributed by atoms with Gasteiger partial charge in [-0.2, -0.15) is 5.10 Å². The first-order chi connectivity index (χ1) is 8.40. The molecule has 2 heterocycles. The fraction of sp³-hybridized carbons (Fsp3) is 0.727. The first-order valence-corrected chi connectivity index (χ1v) is 7.54. The molecular formula is C11H19N3O3S. The molecule has 1 aliphatic heterocycles. The predicted molar refractivity (Wildman–Crippen MR) is 66.8 cm³/mol. The average molecular weight is 273 g/mol. The zero-order valence-electron chi connectivity index (χ0n) is 10.9. The molecular weight excluding hydrogens is 254 g/mol. The molecule has 2 N–H and O–H groups in total. The van der Waals surface area contributed by atoms with Crippen LogP contribution in [0, 0.1) is 13.8 Å². The minimum atomic E-state index is -3.50. The van der Waals surface area contributed by atoms with Crippen molar-refractivity contribution in [3.63, 3.8) is 0 Å².